The zero-order chi connectivity index (χ0) is 15.0. The Morgan fingerprint density at radius 2 is 2.14 bits per heavy atom. The van der Waals surface area contributed by atoms with Crippen LogP contribution in [-0.2, 0) is 0 Å². The van der Waals surface area contributed by atoms with Crippen LogP contribution in [-0.4, -0.2) is 35.6 Å². The summed E-state index contributed by atoms with van der Waals surface area (Å²) in [6.07, 6.45) is 1.72. The number of nitrogen functional groups attached to an aromatic ring is 1. The van der Waals surface area contributed by atoms with Crippen LogP contribution >= 0.6 is 27.3 Å². The van der Waals surface area contributed by atoms with Gasteiger partial charge in [0.15, 0.2) is 0 Å². The lowest BCUT2D eigenvalue weighted by Crippen LogP contribution is -2.39. The second kappa shape index (κ2) is 5.94. The molecule has 1 aliphatic rings. The van der Waals surface area contributed by atoms with Crippen molar-refractivity contribution in [1.82, 2.24) is 4.90 Å². The molecule has 21 heavy (non-hydrogen) atoms. The lowest BCUT2D eigenvalue weighted by atomic mass is 9.98. The molecule has 0 spiro atoms. The summed E-state index contributed by atoms with van der Waals surface area (Å²) in [5, 5.41) is 10.1. The highest BCUT2D eigenvalue weighted by Gasteiger charge is 2.26. The number of likely N-dealkylation sites (tertiary alicyclic amines) is 1. The van der Waals surface area contributed by atoms with Crippen LogP contribution in [0, 0.1) is 5.92 Å². The number of benzene rings is 1. The maximum atomic E-state index is 12.7. The number of piperidine rings is 1. The average molecular weight is 369 g/mol. The average Bonchev–Trinajstić information content (AvgIpc) is 2.83. The number of rotatable bonds is 2. The maximum absolute atomic E-state index is 12.7. The number of halogens is 1. The number of carbonyl (C=O) groups is 1. The van der Waals surface area contributed by atoms with E-state index < -0.39 is 0 Å². The van der Waals surface area contributed by atoms with Crippen molar-refractivity contribution in [2.24, 2.45) is 5.92 Å². The van der Waals surface area contributed by atoms with Crippen LogP contribution < -0.4 is 5.73 Å². The molecule has 4 nitrogen and oxygen atoms in total. The van der Waals surface area contributed by atoms with Crippen molar-refractivity contribution >= 4 is 48.9 Å². The number of aliphatic hydroxyl groups excluding tert-OH is 1. The third kappa shape index (κ3) is 2.80. The van der Waals surface area contributed by atoms with Gasteiger partial charge < -0.3 is 15.7 Å². The van der Waals surface area contributed by atoms with E-state index >= 15 is 0 Å². The van der Waals surface area contributed by atoms with E-state index in [1.54, 1.807) is 0 Å². The first kappa shape index (κ1) is 14.8. The molecule has 1 fully saturated rings. The van der Waals surface area contributed by atoms with E-state index in [1.807, 2.05) is 23.1 Å². The molecule has 3 rings (SSSR count). The molecular formula is C15H17BrN2O2S. The van der Waals surface area contributed by atoms with Crippen molar-refractivity contribution in [1.29, 1.82) is 0 Å². The lowest BCUT2D eigenvalue weighted by molar-refractivity contribution is 0.0656. The van der Waals surface area contributed by atoms with Gasteiger partial charge in [-0.25, -0.2) is 0 Å². The summed E-state index contributed by atoms with van der Waals surface area (Å²) in [7, 11) is 0. The number of thiophene rings is 1. The van der Waals surface area contributed by atoms with Gasteiger partial charge in [0.1, 0.15) is 4.88 Å². The molecule has 0 bridgehead atoms. The van der Waals surface area contributed by atoms with Crippen LogP contribution in [0.15, 0.2) is 22.7 Å². The Kier molecular flexibility index (Phi) is 4.19. The summed E-state index contributed by atoms with van der Waals surface area (Å²) in [6, 6.07) is 5.87. The molecule has 1 aromatic carbocycles. The van der Waals surface area contributed by atoms with E-state index in [1.165, 1.54) is 11.3 Å². The smallest absolute Gasteiger partial charge is 0.266 e. The van der Waals surface area contributed by atoms with E-state index in [4.69, 9.17) is 5.73 Å². The zero-order valence-corrected chi connectivity index (χ0v) is 13.9. The van der Waals surface area contributed by atoms with Crippen molar-refractivity contribution in [3.05, 3.63) is 27.5 Å². The Morgan fingerprint density at radius 1 is 1.43 bits per heavy atom. The number of hydrogen-bond acceptors (Lipinski definition) is 4. The van der Waals surface area contributed by atoms with Gasteiger partial charge in [0, 0.05) is 34.3 Å². The predicted octanol–water partition coefficient (Wildman–Crippen LogP) is 3.09. The Labute approximate surface area is 135 Å². The summed E-state index contributed by atoms with van der Waals surface area (Å²) >= 11 is 4.89. The summed E-state index contributed by atoms with van der Waals surface area (Å²) < 4.78 is 2.01. The second-order valence-electron chi connectivity index (χ2n) is 5.40. The third-order valence-corrected chi connectivity index (χ3v) is 5.69. The van der Waals surface area contributed by atoms with Gasteiger partial charge >= 0.3 is 0 Å². The van der Waals surface area contributed by atoms with Crippen LogP contribution in [0.3, 0.4) is 0 Å². The highest BCUT2D eigenvalue weighted by molar-refractivity contribution is 9.10. The van der Waals surface area contributed by atoms with Crippen molar-refractivity contribution in [3.8, 4) is 0 Å². The fourth-order valence-electron chi connectivity index (χ4n) is 2.71. The van der Waals surface area contributed by atoms with Gasteiger partial charge in [-0.3, -0.25) is 4.79 Å². The van der Waals surface area contributed by atoms with Gasteiger partial charge in [0.25, 0.3) is 5.91 Å². The first-order chi connectivity index (χ1) is 10.1. The van der Waals surface area contributed by atoms with Crippen LogP contribution in [0.25, 0.3) is 10.1 Å². The van der Waals surface area contributed by atoms with Crippen LogP contribution in [0.2, 0.25) is 0 Å². The zero-order valence-electron chi connectivity index (χ0n) is 11.5. The summed E-state index contributed by atoms with van der Waals surface area (Å²) in [4.78, 5) is 15.1. The van der Waals surface area contributed by atoms with Gasteiger partial charge in [-0.05, 0) is 30.9 Å². The molecule has 1 aliphatic heterocycles. The molecule has 0 atom stereocenters. The maximum Gasteiger partial charge on any atom is 0.266 e. The first-order valence-electron chi connectivity index (χ1n) is 6.98. The van der Waals surface area contributed by atoms with E-state index in [9.17, 15) is 9.90 Å². The summed E-state index contributed by atoms with van der Waals surface area (Å²) in [5.74, 6) is 0.339. The topological polar surface area (TPSA) is 66.6 Å². The van der Waals surface area contributed by atoms with Crippen molar-refractivity contribution in [3.63, 3.8) is 0 Å². The molecular weight excluding hydrogens is 352 g/mol. The summed E-state index contributed by atoms with van der Waals surface area (Å²) in [5.41, 5.74) is 6.74. The molecule has 0 radical (unpaired) electrons. The van der Waals surface area contributed by atoms with Gasteiger partial charge in [-0.1, -0.05) is 22.0 Å². The Bertz CT molecular complexity index is 678. The van der Waals surface area contributed by atoms with Crippen molar-refractivity contribution < 1.29 is 9.90 Å². The third-order valence-electron chi connectivity index (χ3n) is 4.04. The van der Waals surface area contributed by atoms with Crippen LogP contribution in [0.1, 0.15) is 22.5 Å². The minimum absolute atomic E-state index is 0.0150. The van der Waals surface area contributed by atoms with Crippen LogP contribution in [0.4, 0.5) is 5.69 Å². The number of carbonyl (C=O) groups excluding carboxylic acids is 1. The Hall–Kier alpha value is -1.11. The van der Waals surface area contributed by atoms with Gasteiger partial charge in [0.2, 0.25) is 0 Å². The SMILES string of the molecule is Nc1c(C(=O)N2CCC(CO)CC2)sc2cc(Br)ccc12. The fourth-order valence-corrected chi connectivity index (χ4v) is 4.35. The molecule has 3 N–H and O–H groups in total. The number of amides is 1. The number of hydrogen-bond donors (Lipinski definition) is 2. The molecule has 2 heterocycles. The fraction of sp³-hybridized carbons (Fsp3) is 0.400. The molecule has 1 aromatic heterocycles. The van der Waals surface area contributed by atoms with Crippen molar-refractivity contribution in [2.45, 2.75) is 12.8 Å². The van der Waals surface area contributed by atoms with Gasteiger partial charge in [0.05, 0.1) is 5.69 Å². The number of fused-ring (bicyclic) bond motifs is 1. The van der Waals surface area contributed by atoms with E-state index in [0.29, 0.717) is 29.6 Å². The molecule has 6 heteroatoms. The monoisotopic (exact) mass is 368 g/mol. The van der Waals surface area contributed by atoms with Gasteiger partial charge in [-0.15, -0.1) is 11.3 Å². The molecule has 1 saturated heterocycles. The normalized spacial score (nSPS) is 16.6. The predicted molar refractivity (Wildman–Crippen MR) is 89.7 cm³/mol. The molecule has 0 aliphatic carbocycles. The number of nitrogens with zero attached hydrogens (tertiary/aromatic N) is 1. The van der Waals surface area contributed by atoms with E-state index in [2.05, 4.69) is 15.9 Å². The quantitative estimate of drug-likeness (QED) is 0.855. The first-order valence-corrected chi connectivity index (χ1v) is 8.58. The molecule has 1 amide bonds. The number of anilines is 1. The van der Waals surface area contributed by atoms with E-state index in [0.717, 1.165) is 27.4 Å². The van der Waals surface area contributed by atoms with Gasteiger partial charge in [-0.2, -0.15) is 0 Å². The highest BCUT2D eigenvalue weighted by atomic mass is 79.9. The molecule has 112 valence electrons. The minimum Gasteiger partial charge on any atom is -0.397 e. The molecule has 2 aromatic rings. The Morgan fingerprint density at radius 3 is 2.81 bits per heavy atom. The molecule has 0 unspecified atom stereocenters. The lowest BCUT2D eigenvalue weighted by Gasteiger charge is -2.30. The minimum atomic E-state index is 0.0150. The number of aliphatic hydroxyl groups is 1. The largest absolute Gasteiger partial charge is 0.397 e. The molecule has 0 saturated carbocycles. The highest BCUT2D eigenvalue weighted by Crippen LogP contribution is 2.36. The second-order valence-corrected chi connectivity index (χ2v) is 7.37. The van der Waals surface area contributed by atoms with Crippen molar-refractivity contribution in [2.75, 3.05) is 25.4 Å². The number of nitrogens with two attached hydrogens (primary N) is 1. The van der Waals surface area contributed by atoms with Crippen LogP contribution in [0.5, 0.6) is 0 Å². The summed E-state index contributed by atoms with van der Waals surface area (Å²) in [6.45, 7) is 1.60. The van der Waals surface area contributed by atoms with E-state index in [-0.39, 0.29) is 12.5 Å². The standard InChI is InChI=1S/C15H17BrN2O2S/c16-10-1-2-11-12(7-10)21-14(13(11)17)15(20)18-5-3-9(8-19)4-6-18/h1-2,7,9,19H,3-6,8,17H2. The Balaban J connectivity index is 1.86.